The number of rotatable bonds is 6. The second-order valence-electron chi connectivity index (χ2n) is 7.85. The van der Waals surface area contributed by atoms with Crippen LogP contribution >= 0.6 is 15.9 Å². The summed E-state index contributed by atoms with van der Waals surface area (Å²) < 4.78 is 14.9. The summed E-state index contributed by atoms with van der Waals surface area (Å²) in [4.78, 5) is 0. The number of aromatic nitrogens is 1. The second-order valence-corrected chi connectivity index (χ2v) is 8.64. The van der Waals surface area contributed by atoms with Crippen molar-refractivity contribution in [3.63, 3.8) is 0 Å². The molecule has 0 unspecified atom stereocenters. The fraction of sp³-hybridized carbons (Fsp3) is 0.103. The Morgan fingerprint density at radius 1 is 0.697 bits per heavy atom. The average molecular weight is 498 g/mol. The van der Waals surface area contributed by atoms with Gasteiger partial charge in [-0.1, -0.05) is 91.0 Å². The Morgan fingerprint density at radius 3 is 1.82 bits per heavy atom. The highest BCUT2D eigenvalue weighted by atomic mass is 79.9. The minimum atomic E-state index is 0.712. The van der Waals surface area contributed by atoms with Gasteiger partial charge in [0.1, 0.15) is 11.5 Å². The molecule has 1 heterocycles. The van der Waals surface area contributed by atoms with Crippen molar-refractivity contribution in [1.82, 2.24) is 4.57 Å². The molecule has 0 fully saturated rings. The van der Waals surface area contributed by atoms with Gasteiger partial charge in [0.25, 0.3) is 0 Å². The first-order valence-electron chi connectivity index (χ1n) is 10.8. The number of benzene rings is 4. The normalized spacial score (nSPS) is 11.0. The zero-order valence-corrected chi connectivity index (χ0v) is 20.2. The molecule has 4 heteroatoms. The molecule has 1 aromatic heterocycles. The minimum Gasteiger partial charge on any atom is -0.496 e. The summed E-state index contributed by atoms with van der Waals surface area (Å²) in [7, 11) is 3.40. The number of nitrogens with zero attached hydrogens (tertiary/aromatic N) is 1. The van der Waals surface area contributed by atoms with Crippen LogP contribution in [0, 0.1) is 0 Å². The summed E-state index contributed by atoms with van der Waals surface area (Å²) in [5.41, 5.74) is 6.86. The monoisotopic (exact) mass is 497 g/mol. The highest BCUT2D eigenvalue weighted by molar-refractivity contribution is 9.10. The first kappa shape index (κ1) is 21.4. The first-order chi connectivity index (χ1) is 16.2. The molecule has 0 radical (unpaired) electrons. The van der Waals surface area contributed by atoms with Crippen molar-refractivity contribution in [3.05, 3.63) is 107 Å². The smallest absolute Gasteiger partial charge is 0.138 e. The lowest BCUT2D eigenvalue weighted by atomic mass is 9.98. The number of methoxy groups -OCH3 is 2. The lowest BCUT2D eigenvalue weighted by Gasteiger charge is -2.15. The van der Waals surface area contributed by atoms with Crippen molar-refractivity contribution < 1.29 is 9.47 Å². The van der Waals surface area contributed by atoms with E-state index in [2.05, 4.69) is 99.4 Å². The highest BCUT2D eigenvalue weighted by Gasteiger charge is 2.26. The van der Waals surface area contributed by atoms with E-state index in [1.807, 2.05) is 18.2 Å². The fourth-order valence-electron chi connectivity index (χ4n) is 4.47. The van der Waals surface area contributed by atoms with Gasteiger partial charge in [0.15, 0.2) is 0 Å². The summed E-state index contributed by atoms with van der Waals surface area (Å²) in [5, 5.41) is 1.06. The fourth-order valence-corrected chi connectivity index (χ4v) is 5.16. The van der Waals surface area contributed by atoms with Gasteiger partial charge in [0.2, 0.25) is 0 Å². The summed E-state index contributed by atoms with van der Waals surface area (Å²) >= 11 is 3.86. The maximum Gasteiger partial charge on any atom is 0.138 e. The van der Waals surface area contributed by atoms with Crippen molar-refractivity contribution in [2.45, 2.75) is 6.54 Å². The van der Waals surface area contributed by atoms with Crippen LogP contribution in [0.5, 0.6) is 11.5 Å². The molecule has 4 aromatic carbocycles. The third-order valence-electron chi connectivity index (χ3n) is 5.93. The van der Waals surface area contributed by atoms with E-state index < -0.39 is 0 Å². The van der Waals surface area contributed by atoms with Crippen LogP contribution < -0.4 is 9.47 Å². The Labute approximate surface area is 202 Å². The predicted molar refractivity (Wildman–Crippen MR) is 139 cm³/mol. The van der Waals surface area contributed by atoms with E-state index in [0.717, 1.165) is 49.3 Å². The molecule has 0 saturated carbocycles. The highest BCUT2D eigenvalue weighted by Crippen LogP contribution is 2.50. The van der Waals surface area contributed by atoms with Crippen LogP contribution in [0.2, 0.25) is 0 Å². The van der Waals surface area contributed by atoms with Crippen LogP contribution in [0.15, 0.2) is 102 Å². The molecule has 5 aromatic rings. The molecule has 0 amide bonds. The van der Waals surface area contributed by atoms with E-state index in [0.29, 0.717) is 6.54 Å². The third kappa shape index (κ3) is 3.81. The van der Waals surface area contributed by atoms with Crippen LogP contribution in [0.1, 0.15) is 5.56 Å². The van der Waals surface area contributed by atoms with E-state index >= 15 is 0 Å². The van der Waals surface area contributed by atoms with Gasteiger partial charge in [-0.2, -0.15) is 0 Å². The zero-order valence-electron chi connectivity index (χ0n) is 18.6. The molecule has 0 N–H and O–H groups in total. The van der Waals surface area contributed by atoms with Gasteiger partial charge in [-0.15, -0.1) is 0 Å². The molecule has 164 valence electrons. The van der Waals surface area contributed by atoms with Crippen molar-refractivity contribution >= 4 is 26.8 Å². The van der Waals surface area contributed by atoms with Crippen molar-refractivity contribution in [2.24, 2.45) is 0 Å². The van der Waals surface area contributed by atoms with Crippen LogP contribution in [0.25, 0.3) is 33.3 Å². The Kier molecular flexibility index (Phi) is 5.93. The molecule has 0 saturated heterocycles. The summed E-state index contributed by atoms with van der Waals surface area (Å²) in [6, 6.07) is 33.6. The minimum absolute atomic E-state index is 0.712. The average Bonchev–Trinajstić information content (AvgIpc) is 3.21. The third-order valence-corrected chi connectivity index (χ3v) is 6.70. The second kappa shape index (κ2) is 9.16. The maximum atomic E-state index is 5.93. The standard InChI is InChI=1S/C29H24BrNO2/c1-32-23-18-24(33-2)27(30)29-26(23)25(21-14-8-4-9-15-21)28(22-16-10-5-11-17-22)31(29)19-20-12-6-3-7-13-20/h3-18H,19H2,1-2H3. The Balaban J connectivity index is 1.97. The Morgan fingerprint density at radius 2 is 1.24 bits per heavy atom. The predicted octanol–water partition coefficient (Wildman–Crippen LogP) is 7.80. The Hall–Kier alpha value is -3.50. The molecule has 0 atom stereocenters. The lowest BCUT2D eigenvalue weighted by molar-refractivity contribution is 0.396. The Bertz CT molecular complexity index is 1390. The van der Waals surface area contributed by atoms with Gasteiger partial charge < -0.3 is 14.0 Å². The number of hydrogen-bond acceptors (Lipinski definition) is 2. The molecule has 33 heavy (non-hydrogen) atoms. The van der Waals surface area contributed by atoms with Crippen LogP contribution in [-0.2, 0) is 6.54 Å². The summed E-state index contributed by atoms with van der Waals surface area (Å²) in [5.74, 6) is 1.53. The van der Waals surface area contributed by atoms with Crippen LogP contribution in [0.3, 0.4) is 0 Å². The molecule has 0 bridgehead atoms. The number of ether oxygens (including phenoxy) is 2. The molecular weight excluding hydrogens is 474 g/mol. The van der Waals surface area contributed by atoms with Crippen molar-refractivity contribution in [3.8, 4) is 33.9 Å². The molecule has 0 aliphatic carbocycles. The number of halogens is 1. The molecule has 5 rings (SSSR count). The van der Waals surface area contributed by atoms with E-state index in [-0.39, 0.29) is 0 Å². The quantitative estimate of drug-likeness (QED) is 0.238. The van der Waals surface area contributed by atoms with Crippen LogP contribution in [0.4, 0.5) is 0 Å². The molecule has 0 aliphatic heterocycles. The van der Waals surface area contributed by atoms with Gasteiger partial charge in [0, 0.05) is 18.2 Å². The maximum absolute atomic E-state index is 5.93. The van der Waals surface area contributed by atoms with E-state index in [1.165, 1.54) is 5.56 Å². The molecular formula is C29H24BrNO2. The number of fused-ring (bicyclic) bond motifs is 1. The molecule has 0 aliphatic rings. The lowest BCUT2D eigenvalue weighted by Crippen LogP contribution is -2.03. The van der Waals surface area contributed by atoms with E-state index in [4.69, 9.17) is 9.47 Å². The topological polar surface area (TPSA) is 23.4 Å². The van der Waals surface area contributed by atoms with Crippen LogP contribution in [-0.4, -0.2) is 18.8 Å². The summed E-state index contributed by atoms with van der Waals surface area (Å²) in [6.07, 6.45) is 0. The summed E-state index contributed by atoms with van der Waals surface area (Å²) in [6.45, 7) is 0.712. The number of hydrogen-bond donors (Lipinski definition) is 0. The SMILES string of the molecule is COc1cc(OC)c2c(-c3ccccc3)c(-c3ccccc3)n(Cc3ccccc3)c2c1Br. The van der Waals surface area contributed by atoms with Gasteiger partial charge in [-0.05, 0) is 32.6 Å². The van der Waals surface area contributed by atoms with Crippen molar-refractivity contribution in [2.75, 3.05) is 14.2 Å². The zero-order chi connectivity index (χ0) is 22.8. The van der Waals surface area contributed by atoms with Gasteiger partial charge in [-0.3, -0.25) is 0 Å². The van der Waals surface area contributed by atoms with Gasteiger partial charge in [-0.25, -0.2) is 0 Å². The van der Waals surface area contributed by atoms with E-state index in [9.17, 15) is 0 Å². The molecule has 3 nitrogen and oxygen atoms in total. The van der Waals surface area contributed by atoms with Gasteiger partial charge in [0.05, 0.1) is 35.3 Å². The van der Waals surface area contributed by atoms with E-state index in [1.54, 1.807) is 14.2 Å². The molecule has 0 spiro atoms. The van der Waals surface area contributed by atoms with Gasteiger partial charge >= 0.3 is 0 Å². The first-order valence-corrected chi connectivity index (χ1v) is 11.6. The van der Waals surface area contributed by atoms with Crippen molar-refractivity contribution in [1.29, 1.82) is 0 Å². The largest absolute Gasteiger partial charge is 0.496 e.